The van der Waals surface area contributed by atoms with E-state index < -0.39 is 0 Å². The van der Waals surface area contributed by atoms with Crippen molar-refractivity contribution in [2.75, 3.05) is 7.11 Å². The maximum Gasteiger partial charge on any atom is 0.0959 e. The fourth-order valence-electron chi connectivity index (χ4n) is 1.59. The molecule has 0 amide bonds. The third-order valence-electron chi connectivity index (χ3n) is 2.69. The van der Waals surface area contributed by atoms with E-state index in [0.29, 0.717) is 6.42 Å². The summed E-state index contributed by atoms with van der Waals surface area (Å²) in [6, 6.07) is 2.24. The van der Waals surface area contributed by atoms with Gasteiger partial charge in [-0.1, -0.05) is 30.7 Å². The molecule has 0 rings (SSSR count). The van der Waals surface area contributed by atoms with E-state index in [9.17, 15) is 0 Å². The summed E-state index contributed by atoms with van der Waals surface area (Å²) in [5, 5.41) is 8.84. The normalized spacial score (nSPS) is 13.9. The van der Waals surface area contributed by atoms with E-state index in [0.717, 1.165) is 17.8 Å². The predicted molar refractivity (Wildman–Crippen MR) is 72.3 cm³/mol. The topological polar surface area (TPSA) is 33.0 Å². The van der Waals surface area contributed by atoms with Crippen molar-refractivity contribution in [3.63, 3.8) is 0 Å². The minimum Gasteiger partial charge on any atom is -0.501 e. The molecule has 0 fully saturated rings. The van der Waals surface area contributed by atoms with Gasteiger partial charge in [0, 0.05) is 6.42 Å². The number of methoxy groups -OCH3 is 1. The Bertz CT molecular complexity index is 352. The van der Waals surface area contributed by atoms with Gasteiger partial charge in [0.15, 0.2) is 0 Å². The molecule has 2 heteroatoms. The summed E-state index contributed by atoms with van der Waals surface area (Å²) in [5.41, 5.74) is 2.37. The van der Waals surface area contributed by atoms with Gasteiger partial charge in [0.2, 0.25) is 0 Å². The number of rotatable bonds is 6. The van der Waals surface area contributed by atoms with Crippen LogP contribution in [0, 0.1) is 17.2 Å². The summed E-state index contributed by atoms with van der Waals surface area (Å²) in [5.74, 6) is 1.15. The summed E-state index contributed by atoms with van der Waals surface area (Å²) in [6.07, 6.45) is 7.61. The zero-order valence-corrected chi connectivity index (χ0v) is 11.6. The van der Waals surface area contributed by atoms with Gasteiger partial charge in [-0.05, 0) is 38.7 Å². The van der Waals surface area contributed by atoms with Gasteiger partial charge in [-0.3, -0.25) is 0 Å². The second-order valence-corrected chi connectivity index (χ2v) is 4.29. The molecule has 0 heterocycles. The third kappa shape index (κ3) is 5.97. The molecule has 0 N–H and O–H groups in total. The largest absolute Gasteiger partial charge is 0.501 e. The molecule has 0 aliphatic carbocycles. The molecule has 0 spiro atoms. The number of nitrogens with zero attached hydrogens (tertiary/aromatic N) is 1. The van der Waals surface area contributed by atoms with Crippen molar-refractivity contribution in [1.29, 1.82) is 5.26 Å². The maximum absolute atomic E-state index is 8.84. The van der Waals surface area contributed by atoms with E-state index in [2.05, 4.69) is 39.0 Å². The van der Waals surface area contributed by atoms with Gasteiger partial charge < -0.3 is 4.74 Å². The molecule has 94 valence electrons. The molecular formula is C15H23NO. The van der Waals surface area contributed by atoms with Crippen LogP contribution in [0.15, 0.2) is 35.1 Å². The summed E-state index contributed by atoms with van der Waals surface area (Å²) >= 11 is 0. The third-order valence-corrected chi connectivity index (χ3v) is 2.69. The second-order valence-electron chi connectivity index (χ2n) is 4.29. The molecule has 0 aromatic carbocycles. The highest BCUT2D eigenvalue weighted by atomic mass is 16.5. The monoisotopic (exact) mass is 233 g/mol. The molecule has 1 atom stereocenters. The van der Waals surface area contributed by atoms with Crippen LogP contribution in [0.3, 0.4) is 0 Å². The van der Waals surface area contributed by atoms with Crippen molar-refractivity contribution in [3.05, 3.63) is 35.1 Å². The smallest absolute Gasteiger partial charge is 0.0959 e. The fourth-order valence-corrected chi connectivity index (χ4v) is 1.59. The lowest BCUT2D eigenvalue weighted by Gasteiger charge is -2.15. The Morgan fingerprint density at radius 3 is 2.41 bits per heavy atom. The molecule has 1 unspecified atom stereocenters. The summed E-state index contributed by atoms with van der Waals surface area (Å²) in [7, 11) is 1.67. The number of allylic oxidation sites excluding steroid dienone is 6. The molecule has 0 saturated carbocycles. The van der Waals surface area contributed by atoms with E-state index in [1.165, 1.54) is 5.57 Å². The number of nitriles is 1. The lowest BCUT2D eigenvalue weighted by atomic mass is 9.92. The van der Waals surface area contributed by atoms with E-state index >= 15 is 0 Å². The van der Waals surface area contributed by atoms with Crippen molar-refractivity contribution in [2.45, 2.75) is 40.5 Å². The zero-order valence-electron chi connectivity index (χ0n) is 11.6. The first-order chi connectivity index (χ1) is 8.06. The Morgan fingerprint density at radius 2 is 2.00 bits per heavy atom. The predicted octanol–water partition coefficient (Wildman–Crippen LogP) is 4.37. The standard InChI is InChI=1S/C15H23NO/c1-6-14(10-11-16)15(13(4)17-5)9-7-8-12(2)3/h7-9,14H,6,10H2,1-5H3/b9-7-,15-13-. The Balaban J connectivity index is 5.09. The van der Waals surface area contributed by atoms with Crippen LogP contribution in [-0.2, 0) is 4.74 Å². The van der Waals surface area contributed by atoms with Crippen molar-refractivity contribution in [2.24, 2.45) is 5.92 Å². The van der Waals surface area contributed by atoms with Crippen molar-refractivity contribution < 1.29 is 4.74 Å². The van der Waals surface area contributed by atoms with Gasteiger partial charge in [0.25, 0.3) is 0 Å². The van der Waals surface area contributed by atoms with E-state index in [-0.39, 0.29) is 5.92 Å². The van der Waals surface area contributed by atoms with Crippen molar-refractivity contribution >= 4 is 0 Å². The van der Waals surface area contributed by atoms with E-state index in [1.54, 1.807) is 7.11 Å². The van der Waals surface area contributed by atoms with Crippen LogP contribution in [0.5, 0.6) is 0 Å². The fraction of sp³-hybridized carbons (Fsp3) is 0.533. The highest BCUT2D eigenvalue weighted by Gasteiger charge is 2.12. The molecule has 17 heavy (non-hydrogen) atoms. The molecule has 0 saturated heterocycles. The van der Waals surface area contributed by atoms with Crippen LogP contribution in [0.1, 0.15) is 40.5 Å². The minimum atomic E-state index is 0.252. The van der Waals surface area contributed by atoms with Crippen LogP contribution in [0.2, 0.25) is 0 Å². The van der Waals surface area contributed by atoms with Crippen LogP contribution >= 0.6 is 0 Å². The van der Waals surface area contributed by atoms with Gasteiger partial charge in [-0.25, -0.2) is 0 Å². The average Bonchev–Trinajstić information content (AvgIpc) is 2.31. The molecule has 2 nitrogen and oxygen atoms in total. The van der Waals surface area contributed by atoms with Gasteiger partial charge >= 0.3 is 0 Å². The summed E-state index contributed by atoms with van der Waals surface area (Å²) in [6.45, 7) is 8.16. The average molecular weight is 233 g/mol. The van der Waals surface area contributed by atoms with Crippen molar-refractivity contribution in [3.8, 4) is 6.07 Å². The Morgan fingerprint density at radius 1 is 1.35 bits per heavy atom. The quantitative estimate of drug-likeness (QED) is 0.504. The van der Waals surface area contributed by atoms with Crippen LogP contribution in [0.25, 0.3) is 0 Å². The first-order valence-corrected chi connectivity index (χ1v) is 6.00. The minimum absolute atomic E-state index is 0.252. The second kappa shape index (κ2) is 8.64. The van der Waals surface area contributed by atoms with Gasteiger partial charge in [-0.2, -0.15) is 5.26 Å². The van der Waals surface area contributed by atoms with Gasteiger partial charge in [-0.15, -0.1) is 0 Å². The highest BCUT2D eigenvalue weighted by molar-refractivity contribution is 5.28. The van der Waals surface area contributed by atoms with Crippen molar-refractivity contribution in [1.82, 2.24) is 0 Å². The molecule has 0 aliphatic rings. The highest BCUT2D eigenvalue weighted by Crippen LogP contribution is 2.23. The Kier molecular flexibility index (Phi) is 7.88. The Hall–Kier alpha value is -1.49. The molecule has 0 radical (unpaired) electrons. The lowest BCUT2D eigenvalue weighted by molar-refractivity contribution is 0.284. The van der Waals surface area contributed by atoms with Crippen LogP contribution < -0.4 is 0 Å². The van der Waals surface area contributed by atoms with Crippen LogP contribution in [-0.4, -0.2) is 7.11 Å². The first-order valence-electron chi connectivity index (χ1n) is 6.00. The Labute approximate surface area is 105 Å². The van der Waals surface area contributed by atoms with E-state index in [4.69, 9.17) is 10.00 Å². The van der Waals surface area contributed by atoms with Gasteiger partial charge in [0.05, 0.1) is 18.9 Å². The van der Waals surface area contributed by atoms with E-state index in [1.807, 2.05) is 13.0 Å². The summed E-state index contributed by atoms with van der Waals surface area (Å²) < 4.78 is 5.30. The molecule has 0 aromatic rings. The first kappa shape index (κ1) is 15.5. The molecule has 0 aliphatic heterocycles. The maximum atomic E-state index is 8.84. The van der Waals surface area contributed by atoms with Gasteiger partial charge in [0.1, 0.15) is 0 Å². The molecule has 0 bridgehead atoms. The lowest BCUT2D eigenvalue weighted by Crippen LogP contribution is -2.04. The SMILES string of the molecule is CCC(CC#N)C(/C=C\C=C(C)C)=C(/C)OC. The molecular weight excluding hydrogens is 210 g/mol. The number of ether oxygens (including phenoxy) is 1. The summed E-state index contributed by atoms with van der Waals surface area (Å²) in [4.78, 5) is 0. The zero-order chi connectivity index (χ0) is 13.3. The molecule has 0 aromatic heterocycles. The number of hydrogen-bond acceptors (Lipinski definition) is 2. The van der Waals surface area contributed by atoms with Crippen LogP contribution in [0.4, 0.5) is 0 Å². The number of hydrogen-bond donors (Lipinski definition) is 0.